The Morgan fingerprint density at radius 1 is 1.33 bits per heavy atom. The van der Waals surface area contributed by atoms with Crippen LogP contribution >= 0.6 is 0 Å². The summed E-state index contributed by atoms with van der Waals surface area (Å²) in [6.07, 6.45) is 1.63. The molecule has 218 valence electrons. The van der Waals surface area contributed by atoms with Crippen molar-refractivity contribution in [1.29, 1.82) is 5.26 Å². The molecule has 12 heteroatoms. The molecule has 1 heterocycles. The summed E-state index contributed by atoms with van der Waals surface area (Å²) in [6, 6.07) is 6.63. The van der Waals surface area contributed by atoms with Gasteiger partial charge in [-0.1, -0.05) is 26.5 Å². The van der Waals surface area contributed by atoms with Crippen molar-refractivity contribution in [2.24, 2.45) is 10.9 Å². The smallest absolute Gasteiger partial charge is 0.293 e. The summed E-state index contributed by atoms with van der Waals surface area (Å²) in [5.41, 5.74) is 0.719. The van der Waals surface area contributed by atoms with Gasteiger partial charge in [-0.3, -0.25) is 14.2 Å². The van der Waals surface area contributed by atoms with Gasteiger partial charge in [-0.05, 0) is 43.3 Å². The van der Waals surface area contributed by atoms with Gasteiger partial charge in [0.25, 0.3) is 6.43 Å². The molecule has 0 aromatic heterocycles. The van der Waals surface area contributed by atoms with Crippen molar-refractivity contribution < 1.29 is 31.9 Å². The number of hydrogen-bond acceptors (Lipinski definition) is 8. The molecule has 1 aromatic carbocycles. The highest BCUT2D eigenvalue weighted by molar-refractivity contribution is 5.88. The first kappa shape index (κ1) is 37.4. The fourth-order valence-electron chi connectivity index (χ4n) is 3.57. The summed E-state index contributed by atoms with van der Waals surface area (Å²) in [7, 11) is 4.12. The minimum absolute atomic E-state index is 0.00725. The number of alkyl halides is 3. The maximum absolute atomic E-state index is 13.5. The number of likely N-dealkylation sites (N-methyl/N-ethyl adjacent to an activating group) is 1. The molecule has 1 unspecified atom stereocenters. The number of benzene rings is 1. The van der Waals surface area contributed by atoms with Gasteiger partial charge < -0.3 is 24.6 Å². The molecule has 39 heavy (non-hydrogen) atoms. The third-order valence-electron chi connectivity index (χ3n) is 5.12. The summed E-state index contributed by atoms with van der Waals surface area (Å²) in [5.74, 6) is 1.53. The number of carbonyl (C=O) groups excluding carboxylic acids is 2. The molecule has 1 aliphatic rings. The Morgan fingerprint density at radius 3 is 2.41 bits per heavy atom. The molecule has 1 atom stereocenters. The molecule has 8 nitrogen and oxygen atoms in total. The Labute approximate surface area is 228 Å². The molecule has 0 amide bonds. The molecule has 1 aromatic rings. The van der Waals surface area contributed by atoms with Crippen molar-refractivity contribution in [3.8, 4) is 6.07 Å². The lowest BCUT2D eigenvalue weighted by atomic mass is 10.0. The van der Waals surface area contributed by atoms with Gasteiger partial charge in [-0.25, -0.2) is 13.2 Å². The maximum atomic E-state index is 13.5. The lowest BCUT2D eigenvalue weighted by Gasteiger charge is -2.28. The number of hydrogen-bond donors (Lipinski definition) is 1. The van der Waals surface area contributed by atoms with Crippen LogP contribution < -0.4 is 5.32 Å². The molecule has 1 fully saturated rings. The van der Waals surface area contributed by atoms with Gasteiger partial charge >= 0.3 is 0 Å². The minimum atomic E-state index is -2.80. The quantitative estimate of drug-likeness (QED) is 0.198. The number of nitriles is 1. The fraction of sp³-hybridized carbons (Fsp3) is 0.481. The second kappa shape index (κ2) is 22.3. The van der Waals surface area contributed by atoms with E-state index in [2.05, 4.69) is 40.5 Å². The van der Waals surface area contributed by atoms with E-state index in [0.29, 0.717) is 30.6 Å². The lowest BCUT2D eigenvalue weighted by molar-refractivity contribution is -0.116. The number of halogens is 4. The monoisotopic (exact) mass is 557 g/mol. The molecule has 0 saturated carbocycles. The van der Waals surface area contributed by atoms with Crippen LogP contribution in [0.25, 0.3) is 0 Å². The van der Waals surface area contributed by atoms with Crippen molar-refractivity contribution in [2.45, 2.75) is 39.3 Å². The minimum Gasteiger partial charge on any atom is -0.473 e. The number of carbonyl (C=O) groups is 2. The highest BCUT2D eigenvalue weighted by Crippen LogP contribution is 2.28. The second-order valence-electron chi connectivity index (χ2n) is 8.16. The highest BCUT2D eigenvalue weighted by atomic mass is 19.3. The van der Waals surface area contributed by atoms with Crippen molar-refractivity contribution >= 4 is 19.0 Å². The van der Waals surface area contributed by atoms with Gasteiger partial charge in [0.2, 0.25) is 5.90 Å². The van der Waals surface area contributed by atoms with Crippen LogP contribution in [0.2, 0.25) is 0 Å². The zero-order chi connectivity index (χ0) is 30.4. The molecular weight excluding hydrogens is 518 g/mol. The number of nitrogens with zero attached hydrogens (tertiary/aromatic N) is 4. The normalized spacial score (nSPS) is 15.4. The number of aldehydes is 1. The number of rotatable bonds is 10. The van der Waals surface area contributed by atoms with E-state index in [-0.39, 0.29) is 12.2 Å². The van der Waals surface area contributed by atoms with Crippen molar-refractivity contribution in [3.63, 3.8) is 0 Å². The van der Waals surface area contributed by atoms with E-state index < -0.39 is 18.5 Å². The third-order valence-corrected chi connectivity index (χ3v) is 5.12. The first-order valence-electron chi connectivity index (χ1n) is 11.9. The van der Waals surface area contributed by atoms with E-state index in [4.69, 9.17) is 19.6 Å². The average molecular weight is 558 g/mol. The number of ether oxygens (including phenoxy) is 1. The van der Waals surface area contributed by atoms with Gasteiger partial charge in [0.15, 0.2) is 6.29 Å². The van der Waals surface area contributed by atoms with E-state index in [9.17, 15) is 17.6 Å². The molecule has 0 spiro atoms. The van der Waals surface area contributed by atoms with Crippen LogP contribution in [0.3, 0.4) is 0 Å². The van der Waals surface area contributed by atoms with Crippen LogP contribution in [-0.2, 0) is 20.9 Å². The fourth-order valence-corrected chi connectivity index (χ4v) is 3.57. The standard InChI is InChI=1S/C23H32FN5O.C2H2F2O.CH3F.CH2O/c1-6-28-15-20(11-17(2)3)29(10-9-26-4)23(28)13-22(27-5)30-16-18-7-8-21(24)19(12-18)14-25;3-2(4)1-5;2*1-2/h6-8,12-13,17,20,26H,1,9-11,15-16H2,2-5H3;1-2H;1H3;1H2/b23-13+,27-22?;;;. The summed E-state index contributed by atoms with van der Waals surface area (Å²) in [5, 5.41) is 12.2. The van der Waals surface area contributed by atoms with E-state index in [1.54, 1.807) is 13.1 Å². The summed E-state index contributed by atoms with van der Waals surface area (Å²) < 4.78 is 49.7. The van der Waals surface area contributed by atoms with E-state index in [1.165, 1.54) is 12.1 Å². The Morgan fingerprint density at radius 2 is 1.95 bits per heavy atom. The Kier molecular flexibility index (Phi) is 21.4. The zero-order valence-electron chi connectivity index (χ0n) is 23.2. The van der Waals surface area contributed by atoms with Crippen molar-refractivity contribution in [3.05, 3.63) is 59.8 Å². The molecular formula is C27H39F4N5O3. The van der Waals surface area contributed by atoms with Crippen LogP contribution in [0.5, 0.6) is 0 Å². The molecule has 1 saturated heterocycles. The SMILES string of the molecule is C=CN1CC(CC(C)C)N(CCNC)/C1=C/C(=NC)OCc1ccc(F)c(C#N)c1.C=O.CF.O=CC(F)F. The Bertz CT molecular complexity index is 952. The van der Waals surface area contributed by atoms with Gasteiger partial charge in [-0.15, -0.1) is 0 Å². The Hall–Kier alpha value is -3.72. The summed E-state index contributed by atoms with van der Waals surface area (Å²) in [6.45, 7) is 13.2. The van der Waals surface area contributed by atoms with E-state index in [0.717, 1.165) is 31.9 Å². The second-order valence-corrected chi connectivity index (χ2v) is 8.16. The van der Waals surface area contributed by atoms with Crippen molar-refractivity contribution in [1.82, 2.24) is 15.1 Å². The van der Waals surface area contributed by atoms with Crippen LogP contribution in [0.4, 0.5) is 17.6 Å². The Balaban J connectivity index is 0. The topological polar surface area (TPSA) is 98.0 Å². The molecule has 0 bridgehead atoms. The molecule has 0 aliphatic carbocycles. The van der Waals surface area contributed by atoms with Gasteiger partial charge in [0.1, 0.15) is 31.1 Å². The van der Waals surface area contributed by atoms with E-state index in [1.807, 2.05) is 32.2 Å². The zero-order valence-corrected chi connectivity index (χ0v) is 23.2. The average Bonchev–Trinajstić information content (AvgIpc) is 3.27. The summed E-state index contributed by atoms with van der Waals surface area (Å²) >= 11 is 0. The molecule has 2 rings (SSSR count). The van der Waals surface area contributed by atoms with Crippen LogP contribution in [0, 0.1) is 23.1 Å². The first-order chi connectivity index (χ1) is 18.7. The lowest BCUT2D eigenvalue weighted by Crippen LogP contribution is -2.36. The van der Waals surface area contributed by atoms with E-state index >= 15 is 0 Å². The largest absolute Gasteiger partial charge is 0.473 e. The predicted molar refractivity (Wildman–Crippen MR) is 144 cm³/mol. The van der Waals surface area contributed by atoms with Crippen LogP contribution in [0.15, 0.2) is 47.9 Å². The van der Waals surface area contributed by atoms with Gasteiger partial charge in [0.05, 0.1) is 12.7 Å². The number of aliphatic imine (C=N–C) groups is 1. The molecule has 0 radical (unpaired) electrons. The highest BCUT2D eigenvalue weighted by Gasteiger charge is 2.33. The summed E-state index contributed by atoms with van der Waals surface area (Å²) in [4.78, 5) is 25.5. The molecule has 1 N–H and O–H groups in total. The molecule has 1 aliphatic heterocycles. The van der Waals surface area contributed by atoms with Crippen LogP contribution in [-0.4, -0.2) is 82.1 Å². The third kappa shape index (κ3) is 14.1. The van der Waals surface area contributed by atoms with Gasteiger partial charge in [-0.2, -0.15) is 5.26 Å². The maximum Gasteiger partial charge on any atom is 0.293 e. The van der Waals surface area contributed by atoms with Gasteiger partial charge in [0, 0.05) is 38.8 Å². The van der Waals surface area contributed by atoms with Crippen LogP contribution in [0.1, 0.15) is 31.4 Å². The predicted octanol–water partition coefficient (Wildman–Crippen LogP) is 4.33. The van der Waals surface area contributed by atoms with Crippen molar-refractivity contribution in [2.75, 3.05) is 40.9 Å². The number of nitrogens with one attached hydrogen (secondary N) is 1. The first-order valence-corrected chi connectivity index (χ1v) is 11.9.